The zero-order valence-electron chi connectivity index (χ0n) is 11.6. The van der Waals surface area contributed by atoms with Crippen LogP contribution in [0, 0.1) is 11.3 Å². The van der Waals surface area contributed by atoms with E-state index in [9.17, 15) is 5.26 Å². The molecular formula is C16H18N4. The van der Waals surface area contributed by atoms with E-state index in [0.29, 0.717) is 5.69 Å². The van der Waals surface area contributed by atoms with Gasteiger partial charge in [0.05, 0.1) is 5.69 Å². The molecule has 1 heterocycles. The molecule has 0 aliphatic rings. The van der Waals surface area contributed by atoms with Crippen molar-refractivity contribution in [3.63, 3.8) is 0 Å². The van der Waals surface area contributed by atoms with Crippen LogP contribution in [-0.4, -0.2) is 11.5 Å². The summed E-state index contributed by atoms with van der Waals surface area (Å²) in [7, 11) is 0. The molecule has 2 rings (SSSR count). The van der Waals surface area contributed by atoms with Crippen molar-refractivity contribution in [1.82, 2.24) is 4.98 Å². The number of pyridine rings is 1. The number of aromatic nitrogens is 1. The number of benzene rings is 1. The van der Waals surface area contributed by atoms with Gasteiger partial charge in [-0.15, -0.1) is 0 Å². The number of hydrogen-bond donors (Lipinski definition) is 1. The molecule has 102 valence electrons. The van der Waals surface area contributed by atoms with E-state index in [1.807, 2.05) is 36.4 Å². The third-order valence-corrected chi connectivity index (χ3v) is 3.08. The molecule has 4 heteroatoms. The van der Waals surface area contributed by atoms with Gasteiger partial charge in [0.15, 0.2) is 5.69 Å². The van der Waals surface area contributed by atoms with Crippen LogP contribution in [0.15, 0.2) is 42.6 Å². The van der Waals surface area contributed by atoms with Gasteiger partial charge in [-0.1, -0.05) is 19.1 Å². The number of nitrogens with two attached hydrogens (primary N) is 1. The molecular weight excluding hydrogens is 248 g/mol. The van der Waals surface area contributed by atoms with Crippen LogP contribution < -0.4 is 10.6 Å². The summed E-state index contributed by atoms with van der Waals surface area (Å²) < 4.78 is 0. The van der Waals surface area contributed by atoms with Gasteiger partial charge < -0.3 is 10.6 Å². The first-order valence-corrected chi connectivity index (χ1v) is 6.69. The molecule has 0 aliphatic carbocycles. The van der Waals surface area contributed by atoms with Crippen LogP contribution in [0.2, 0.25) is 0 Å². The summed E-state index contributed by atoms with van der Waals surface area (Å²) >= 11 is 0. The Bertz CT molecular complexity index is 599. The Labute approximate surface area is 119 Å². The zero-order valence-corrected chi connectivity index (χ0v) is 11.6. The second-order valence-electron chi connectivity index (χ2n) is 4.65. The summed E-state index contributed by atoms with van der Waals surface area (Å²) in [6, 6.07) is 13.8. The fourth-order valence-electron chi connectivity index (χ4n) is 2.14. The van der Waals surface area contributed by atoms with E-state index in [-0.39, 0.29) is 0 Å². The molecule has 1 aromatic carbocycles. The van der Waals surface area contributed by atoms with E-state index < -0.39 is 0 Å². The first kappa shape index (κ1) is 13.9. The molecule has 0 saturated carbocycles. The molecule has 2 aromatic rings. The molecule has 0 spiro atoms. The van der Waals surface area contributed by atoms with Crippen molar-refractivity contribution in [3.05, 3.63) is 53.9 Å². The lowest BCUT2D eigenvalue weighted by Gasteiger charge is -2.25. The van der Waals surface area contributed by atoms with Crippen molar-refractivity contribution in [3.8, 4) is 6.07 Å². The minimum Gasteiger partial charge on any atom is -0.399 e. The quantitative estimate of drug-likeness (QED) is 0.845. The molecule has 1 aromatic heterocycles. The van der Waals surface area contributed by atoms with Crippen LogP contribution in [-0.2, 0) is 6.54 Å². The Morgan fingerprint density at radius 1 is 1.25 bits per heavy atom. The number of hydrogen-bond acceptors (Lipinski definition) is 4. The van der Waals surface area contributed by atoms with Gasteiger partial charge in [-0.05, 0) is 36.2 Å². The monoisotopic (exact) mass is 266 g/mol. The fraction of sp³-hybridized carbons (Fsp3) is 0.250. The second kappa shape index (κ2) is 6.58. The Morgan fingerprint density at radius 2 is 2.00 bits per heavy atom. The number of rotatable bonds is 5. The van der Waals surface area contributed by atoms with Crippen molar-refractivity contribution in [2.45, 2.75) is 19.9 Å². The highest BCUT2D eigenvalue weighted by atomic mass is 15.1. The summed E-state index contributed by atoms with van der Waals surface area (Å²) in [5, 5.41) is 9.18. The zero-order chi connectivity index (χ0) is 14.4. The van der Waals surface area contributed by atoms with Crippen LogP contribution in [0.4, 0.5) is 11.4 Å². The Morgan fingerprint density at radius 3 is 2.65 bits per heavy atom. The van der Waals surface area contributed by atoms with Crippen molar-refractivity contribution in [2.24, 2.45) is 0 Å². The van der Waals surface area contributed by atoms with Crippen LogP contribution >= 0.6 is 0 Å². The SMILES string of the molecule is CCCN(Cc1ccc(N)cc1)c1cccnc1C#N. The Balaban J connectivity index is 2.27. The van der Waals surface area contributed by atoms with Gasteiger partial charge in [-0.2, -0.15) is 5.26 Å². The van der Waals surface area contributed by atoms with E-state index in [0.717, 1.165) is 30.9 Å². The van der Waals surface area contributed by atoms with Crippen molar-refractivity contribution in [1.29, 1.82) is 5.26 Å². The third kappa shape index (κ3) is 3.27. The smallest absolute Gasteiger partial charge is 0.163 e. The summed E-state index contributed by atoms with van der Waals surface area (Å²) in [4.78, 5) is 6.31. The van der Waals surface area contributed by atoms with Crippen LogP contribution in [0.25, 0.3) is 0 Å². The van der Waals surface area contributed by atoms with E-state index in [2.05, 4.69) is 22.9 Å². The van der Waals surface area contributed by atoms with Gasteiger partial charge in [0.2, 0.25) is 0 Å². The Hall–Kier alpha value is -2.54. The molecule has 2 N–H and O–H groups in total. The summed E-state index contributed by atoms with van der Waals surface area (Å²) in [6.45, 7) is 3.75. The van der Waals surface area contributed by atoms with Gasteiger partial charge >= 0.3 is 0 Å². The molecule has 20 heavy (non-hydrogen) atoms. The molecule has 4 nitrogen and oxygen atoms in total. The molecule has 0 aliphatic heterocycles. The molecule has 0 atom stereocenters. The second-order valence-corrected chi connectivity index (χ2v) is 4.65. The van der Waals surface area contributed by atoms with Crippen LogP contribution in [0.3, 0.4) is 0 Å². The van der Waals surface area contributed by atoms with E-state index in [1.54, 1.807) is 6.20 Å². The molecule has 0 radical (unpaired) electrons. The largest absolute Gasteiger partial charge is 0.399 e. The maximum absolute atomic E-state index is 9.18. The molecule has 0 amide bonds. The highest BCUT2D eigenvalue weighted by Gasteiger charge is 2.11. The predicted octanol–water partition coefficient (Wildman–Crippen LogP) is 2.95. The van der Waals surface area contributed by atoms with Gasteiger partial charge in [0.1, 0.15) is 6.07 Å². The third-order valence-electron chi connectivity index (χ3n) is 3.08. The summed E-state index contributed by atoms with van der Waals surface area (Å²) in [6.07, 6.45) is 2.66. The lowest BCUT2D eigenvalue weighted by Crippen LogP contribution is -2.24. The number of nitrogens with zero attached hydrogens (tertiary/aromatic N) is 3. The molecule has 0 fully saturated rings. The lowest BCUT2D eigenvalue weighted by molar-refractivity contribution is 0.764. The minimum absolute atomic E-state index is 0.469. The highest BCUT2D eigenvalue weighted by Crippen LogP contribution is 2.20. The van der Waals surface area contributed by atoms with Gasteiger partial charge in [0.25, 0.3) is 0 Å². The first-order chi connectivity index (χ1) is 9.74. The van der Waals surface area contributed by atoms with Crippen molar-refractivity contribution < 1.29 is 0 Å². The maximum Gasteiger partial charge on any atom is 0.163 e. The van der Waals surface area contributed by atoms with Crippen LogP contribution in [0.5, 0.6) is 0 Å². The molecule has 0 unspecified atom stereocenters. The standard InChI is InChI=1S/C16H18N4/c1-2-10-20(12-13-5-7-14(18)8-6-13)16-4-3-9-19-15(16)11-17/h3-9H,2,10,12,18H2,1H3. The normalized spacial score (nSPS) is 10.0. The topological polar surface area (TPSA) is 65.9 Å². The minimum atomic E-state index is 0.469. The fourth-order valence-corrected chi connectivity index (χ4v) is 2.14. The number of nitrogen functional groups attached to an aromatic ring is 1. The van der Waals surface area contributed by atoms with E-state index in [1.165, 1.54) is 5.56 Å². The van der Waals surface area contributed by atoms with Gasteiger partial charge in [-0.25, -0.2) is 4.98 Å². The van der Waals surface area contributed by atoms with Crippen molar-refractivity contribution in [2.75, 3.05) is 17.2 Å². The number of nitriles is 1. The van der Waals surface area contributed by atoms with Gasteiger partial charge in [0, 0.05) is 25.0 Å². The van der Waals surface area contributed by atoms with Crippen molar-refractivity contribution >= 4 is 11.4 Å². The lowest BCUT2D eigenvalue weighted by atomic mass is 10.1. The number of anilines is 2. The molecule has 0 saturated heterocycles. The average molecular weight is 266 g/mol. The van der Waals surface area contributed by atoms with E-state index >= 15 is 0 Å². The summed E-state index contributed by atoms with van der Waals surface area (Å²) in [5.74, 6) is 0. The Kier molecular flexibility index (Phi) is 4.56. The van der Waals surface area contributed by atoms with E-state index in [4.69, 9.17) is 5.73 Å². The average Bonchev–Trinajstić information content (AvgIpc) is 2.49. The van der Waals surface area contributed by atoms with Gasteiger partial charge in [-0.3, -0.25) is 0 Å². The predicted molar refractivity (Wildman–Crippen MR) is 81.1 cm³/mol. The van der Waals surface area contributed by atoms with Crippen LogP contribution in [0.1, 0.15) is 24.6 Å². The summed E-state index contributed by atoms with van der Waals surface area (Å²) in [5.41, 5.74) is 8.98. The molecule has 0 bridgehead atoms. The maximum atomic E-state index is 9.18. The highest BCUT2D eigenvalue weighted by molar-refractivity contribution is 5.56. The first-order valence-electron chi connectivity index (χ1n) is 6.69.